The Kier molecular flexibility index (Phi) is 24.3. The van der Waals surface area contributed by atoms with Crippen molar-refractivity contribution in [3.8, 4) is 106 Å². The monoisotopic (exact) mass is 1890 g/mol. The van der Waals surface area contributed by atoms with Crippen LogP contribution in [0.3, 0.4) is 0 Å². The van der Waals surface area contributed by atoms with Crippen LogP contribution in [0.2, 0.25) is 0 Å². The lowest BCUT2D eigenvalue weighted by molar-refractivity contribution is 1.17. The normalized spacial score (nSPS) is 11.2. The van der Waals surface area contributed by atoms with E-state index in [-0.39, 0.29) is 0 Å². The summed E-state index contributed by atoms with van der Waals surface area (Å²) in [6.45, 7) is 0. The highest BCUT2D eigenvalue weighted by Gasteiger charge is 2.24. The van der Waals surface area contributed by atoms with Crippen LogP contribution >= 0.6 is 0 Å². The molecule has 0 aliphatic heterocycles. The van der Waals surface area contributed by atoms with Crippen LogP contribution in [0.5, 0.6) is 0 Å². The minimum Gasteiger partial charge on any atom is -0.310 e. The smallest absolute Gasteiger partial charge is 0.159 e. The summed E-state index contributed by atoms with van der Waals surface area (Å²) in [5.41, 5.74) is 36.8. The Labute approximate surface area is 859 Å². The number of hydrogen-bond acceptors (Lipinski definition) is 6. The van der Waals surface area contributed by atoms with Gasteiger partial charge in [-0.25, -0.2) is 15.0 Å². The number of pyridine rings is 1. The van der Waals surface area contributed by atoms with E-state index in [2.05, 4.69) is 584 Å². The van der Waals surface area contributed by atoms with Crippen LogP contribution < -0.4 is 14.7 Å². The molecule has 5 heterocycles. The highest BCUT2D eigenvalue weighted by molar-refractivity contribution is 6.13. The van der Waals surface area contributed by atoms with Crippen LogP contribution in [-0.4, -0.2) is 28.7 Å². The second-order valence-electron chi connectivity index (χ2n) is 37.0. The van der Waals surface area contributed by atoms with E-state index >= 15 is 0 Å². The molecule has 0 saturated heterocycles. The van der Waals surface area contributed by atoms with Gasteiger partial charge in [0.1, 0.15) is 5.82 Å². The molecule has 0 spiro atoms. The van der Waals surface area contributed by atoms with Crippen molar-refractivity contribution >= 4 is 128 Å². The Bertz CT molecular complexity index is 9200. The molecule has 5 aromatic heterocycles. The lowest BCUT2D eigenvalue weighted by Gasteiger charge is -2.28. The zero-order valence-electron chi connectivity index (χ0n) is 81.0. The zero-order chi connectivity index (χ0) is 98.4. The highest BCUT2D eigenvalue weighted by atomic mass is 15.2. The third kappa shape index (κ3) is 17.7. The maximum Gasteiger partial charge on any atom is 0.159 e. The molecule has 27 aromatic rings. The fourth-order valence-electron chi connectivity index (χ4n) is 21.2. The van der Waals surface area contributed by atoms with Gasteiger partial charge < -0.3 is 23.5 Å². The summed E-state index contributed by atoms with van der Waals surface area (Å²) < 4.78 is 7.13. The van der Waals surface area contributed by atoms with Gasteiger partial charge in [-0.3, -0.25) is 4.90 Å². The van der Waals surface area contributed by atoms with Gasteiger partial charge in [-0.1, -0.05) is 376 Å². The van der Waals surface area contributed by atoms with E-state index in [9.17, 15) is 0 Å². The Hall–Kier alpha value is -19.9. The summed E-state index contributed by atoms with van der Waals surface area (Å²) in [5, 5.41) is 10.00. The summed E-state index contributed by atoms with van der Waals surface area (Å²) in [6, 6.07) is 203. The molecule has 0 aliphatic rings. The van der Waals surface area contributed by atoms with Crippen LogP contribution in [0, 0.1) is 0 Å². The first kappa shape index (κ1) is 89.5. The molecule has 0 bridgehead atoms. The second kappa shape index (κ2) is 40.3. The third-order valence-corrected chi connectivity index (χ3v) is 28.1. The molecule has 22 aromatic carbocycles. The highest BCUT2D eigenvalue weighted by Crippen LogP contribution is 2.48. The first-order valence-corrected chi connectivity index (χ1v) is 50.2. The summed E-state index contributed by atoms with van der Waals surface area (Å²) in [6.07, 6.45) is 5.40. The zero-order valence-corrected chi connectivity index (χ0v) is 81.0. The molecule has 9 nitrogen and oxygen atoms in total. The largest absolute Gasteiger partial charge is 0.310 e. The minimum absolute atomic E-state index is 0.711. The summed E-state index contributed by atoms with van der Waals surface area (Å²) in [5.74, 6) is 1.58. The van der Waals surface area contributed by atoms with E-state index in [1.165, 1.54) is 126 Å². The number of benzene rings is 22. The Morgan fingerprint density at radius 1 is 0.142 bits per heavy atom. The van der Waals surface area contributed by atoms with Gasteiger partial charge in [-0.05, 0) is 277 Å². The van der Waals surface area contributed by atoms with Crippen molar-refractivity contribution in [2.75, 3.05) is 14.7 Å². The van der Waals surface area contributed by atoms with Crippen LogP contribution in [0.1, 0.15) is 0 Å². The van der Waals surface area contributed by atoms with Gasteiger partial charge in [0.15, 0.2) is 5.82 Å². The molecule has 698 valence electrons. The van der Waals surface area contributed by atoms with Gasteiger partial charge in [-0.15, -0.1) is 0 Å². The molecule has 0 saturated carbocycles. The van der Waals surface area contributed by atoms with Crippen molar-refractivity contribution in [2.45, 2.75) is 0 Å². The minimum atomic E-state index is 0.711. The van der Waals surface area contributed by atoms with Gasteiger partial charge in [0.25, 0.3) is 0 Å². The van der Waals surface area contributed by atoms with Gasteiger partial charge in [0.2, 0.25) is 0 Å². The Balaban J connectivity index is 0.000000116. The lowest BCUT2D eigenvalue weighted by atomic mass is 9.96. The predicted molar refractivity (Wildman–Crippen MR) is 621 cm³/mol. The van der Waals surface area contributed by atoms with Gasteiger partial charge in [-0.2, -0.15) is 0 Å². The maximum atomic E-state index is 4.74. The number of hydrogen-bond donors (Lipinski definition) is 0. The summed E-state index contributed by atoms with van der Waals surface area (Å²) in [7, 11) is 0. The fourth-order valence-corrected chi connectivity index (χ4v) is 21.2. The van der Waals surface area contributed by atoms with E-state index in [1.54, 1.807) is 12.4 Å². The summed E-state index contributed by atoms with van der Waals surface area (Å²) in [4.78, 5) is 20.6. The Morgan fingerprint density at radius 3 is 0.764 bits per heavy atom. The molecule has 0 N–H and O–H groups in total. The molecular weight excluding hydrogens is 1800 g/mol. The van der Waals surface area contributed by atoms with Crippen molar-refractivity contribution in [3.05, 3.63) is 589 Å². The van der Waals surface area contributed by atoms with E-state index in [4.69, 9.17) is 4.98 Å². The molecular formula is C139H97N9. The van der Waals surface area contributed by atoms with Crippen LogP contribution in [0.4, 0.5) is 51.3 Å². The van der Waals surface area contributed by atoms with Crippen molar-refractivity contribution in [1.29, 1.82) is 0 Å². The van der Waals surface area contributed by atoms with Crippen molar-refractivity contribution < 1.29 is 0 Å². The van der Waals surface area contributed by atoms with Crippen LogP contribution in [-0.2, 0) is 0 Å². The molecule has 0 fully saturated rings. The number of aromatic nitrogens is 6. The first-order valence-electron chi connectivity index (χ1n) is 50.2. The van der Waals surface area contributed by atoms with Crippen molar-refractivity contribution in [3.63, 3.8) is 0 Å². The fraction of sp³-hybridized carbons (Fsp3) is 0. The van der Waals surface area contributed by atoms with Crippen molar-refractivity contribution in [2.24, 2.45) is 0 Å². The molecule has 27 rings (SSSR count). The predicted octanol–water partition coefficient (Wildman–Crippen LogP) is 37.4. The van der Waals surface area contributed by atoms with E-state index in [0.29, 0.717) is 5.82 Å². The standard InChI is InChI=1S/C52H36N2.C46H32N4.C41H29N3/c1-3-15-37(16-4-1)38-29-31-42(32-30-38)53(52-34-33-45(39-17-5-2-6-18-39)46-23-7-8-24-47(46)52)43-21-13-19-40(35-43)41-20-14-22-44(36-41)54-50-27-11-9-25-48(50)49-26-10-12-28-51(49)54;1-2-11-33(12-3-1)34-21-25-38(26-22-34)49(39-27-23-35(24-28-39)46-47-29-10-30-48-46)40-15-8-13-36(31-40)37-14-9-16-41(32-37)50-44-19-6-4-17-42(44)43-18-5-7-20-45(43)50;1-2-12-30(13-3-1)31-23-25-34(26-24-31)43(41-22-8-9-27-42-41)35-16-10-14-32(28-35)33-15-11-17-36(29-33)44-39-20-6-4-18-37(39)38-19-5-7-21-40(38)44/h1-36H;1-32H;1-29H. The SMILES string of the molecule is c1ccc(-c2ccc(N(c3ccc(-c4ncccn4)cc3)c3cccc(-c4cccc(-n5c6ccccc6c6ccccc65)c4)c3)cc2)cc1.c1ccc(-c2ccc(N(c3cccc(-c4cccc(-n5c6ccccc6c6ccccc65)c4)c3)c3ccc(-c4ccccc4)c4ccccc34)cc2)cc1.c1ccc(-c2ccc(N(c3cccc(-c4cccc(-n5c6ccccc6c6ccccc65)c4)c3)c3ccccn3)cc2)cc1. The first-order chi connectivity index (χ1) is 73.4. The van der Waals surface area contributed by atoms with E-state index in [0.717, 1.165) is 102 Å². The van der Waals surface area contributed by atoms with Crippen LogP contribution in [0.25, 0.3) is 183 Å². The van der Waals surface area contributed by atoms with Gasteiger partial charge in [0.05, 0.1) is 38.8 Å². The van der Waals surface area contributed by atoms with Gasteiger partial charge >= 0.3 is 0 Å². The average Bonchev–Trinajstić information content (AvgIpc) is 1.53. The number of nitrogens with zero attached hydrogens (tertiary/aromatic N) is 9. The molecule has 0 radical (unpaired) electrons. The molecule has 0 unspecified atom stereocenters. The molecule has 0 amide bonds. The molecule has 148 heavy (non-hydrogen) atoms. The maximum absolute atomic E-state index is 4.74. The van der Waals surface area contributed by atoms with Gasteiger partial charge in [0, 0.05) is 119 Å². The topological polar surface area (TPSA) is 63.2 Å². The van der Waals surface area contributed by atoms with E-state index in [1.807, 2.05) is 30.5 Å². The van der Waals surface area contributed by atoms with Crippen LogP contribution in [0.15, 0.2) is 589 Å². The lowest BCUT2D eigenvalue weighted by Crippen LogP contribution is -2.11. The second-order valence-corrected chi connectivity index (χ2v) is 37.0. The quantitative estimate of drug-likeness (QED) is 0.0758. The average molecular weight is 1890 g/mol. The third-order valence-electron chi connectivity index (χ3n) is 28.1. The summed E-state index contributed by atoms with van der Waals surface area (Å²) >= 11 is 0. The number of rotatable bonds is 20. The number of fused-ring (bicyclic) bond motifs is 10. The molecule has 9 heteroatoms. The Morgan fingerprint density at radius 2 is 0.405 bits per heavy atom. The molecule has 0 atom stereocenters. The van der Waals surface area contributed by atoms with Crippen molar-refractivity contribution in [1.82, 2.24) is 28.7 Å². The van der Waals surface area contributed by atoms with E-state index < -0.39 is 0 Å². The molecule has 0 aliphatic carbocycles. The number of para-hydroxylation sites is 6. The number of anilines is 9.